The monoisotopic (exact) mass is 380 g/mol. The van der Waals surface area contributed by atoms with Gasteiger partial charge < -0.3 is 9.47 Å². The van der Waals surface area contributed by atoms with Crippen LogP contribution in [0.15, 0.2) is 36.4 Å². The molecular weight excluding hydrogens is 356 g/mol. The normalized spacial score (nSPS) is 17.9. The number of hydrogen-bond acceptors (Lipinski definition) is 5. The molecule has 1 aliphatic carbocycles. The van der Waals surface area contributed by atoms with Crippen molar-refractivity contribution < 1.29 is 14.3 Å². The molecule has 0 unspecified atom stereocenters. The number of nitrogens with zero attached hydrogens (tertiary/aromatic N) is 3. The minimum absolute atomic E-state index is 0.148. The lowest BCUT2D eigenvalue weighted by Gasteiger charge is -2.15. The maximum absolute atomic E-state index is 12.2. The number of nitriles is 1. The van der Waals surface area contributed by atoms with Gasteiger partial charge in [-0.1, -0.05) is 6.08 Å². The zero-order valence-corrected chi connectivity index (χ0v) is 16.3. The summed E-state index contributed by atoms with van der Waals surface area (Å²) in [5.41, 5.74) is 3.81. The number of carbonyl (C=O) groups is 1. The molecule has 1 aromatic carbocycles. The number of allylic oxidation sites excluding steroid dienone is 1. The minimum atomic E-state index is -0.487. The fourth-order valence-corrected chi connectivity index (χ4v) is 3.55. The molecule has 0 saturated heterocycles. The topological polar surface area (TPSA) is 89.2 Å². The van der Waals surface area contributed by atoms with Crippen LogP contribution in [0.1, 0.15) is 35.7 Å². The first-order valence-electron chi connectivity index (χ1n) is 9.22. The van der Waals surface area contributed by atoms with E-state index < -0.39 is 6.09 Å². The molecule has 146 valence electrons. The lowest BCUT2D eigenvalue weighted by Crippen LogP contribution is -2.20. The highest BCUT2D eigenvalue weighted by Crippen LogP contribution is 2.34. The number of methoxy groups -OCH3 is 1. The van der Waals surface area contributed by atoms with Gasteiger partial charge in [0.05, 0.1) is 31.8 Å². The van der Waals surface area contributed by atoms with E-state index in [1.54, 1.807) is 31.4 Å². The van der Waals surface area contributed by atoms with E-state index in [1.165, 1.54) is 0 Å². The van der Waals surface area contributed by atoms with Crippen molar-refractivity contribution in [2.75, 3.05) is 12.4 Å². The summed E-state index contributed by atoms with van der Waals surface area (Å²) < 4.78 is 12.5. The van der Waals surface area contributed by atoms with Crippen LogP contribution in [-0.4, -0.2) is 29.1 Å². The van der Waals surface area contributed by atoms with Crippen LogP contribution < -0.4 is 10.1 Å². The fraction of sp³-hybridized carbons (Fsp3) is 0.381. The summed E-state index contributed by atoms with van der Waals surface area (Å²) in [7, 11) is 1.59. The highest BCUT2D eigenvalue weighted by molar-refractivity contribution is 5.84. The van der Waals surface area contributed by atoms with Gasteiger partial charge in [-0.15, -0.1) is 0 Å². The lowest BCUT2D eigenvalue weighted by atomic mass is 9.96. The quantitative estimate of drug-likeness (QED) is 0.763. The number of amides is 1. The molecule has 0 bridgehead atoms. The Kier molecular flexibility index (Phi) is 5.99. The van der Waals surface area contributed by atoms with Gasteiger partial charge in [-0.2, -0.15) is 10.4 Å². The van der Waals surface area contributed by atoms with Crippen molar-refractivity contribution in [1.82, 2.24) is 9.78 Å². The van der Waals surface area contributed by atoms with E-state index in [1.807, 2.05) is 24.6 Å². The molecule has 0 aliphatic heterocycles. The van der Waals surface area contributed by atoms with E-state index in [0.29, 0.717) is 25.1 Å². The Morgan fingerprint density at radius 1 is 1.32 bits per heavy atom. The Bertz CT molecular complexity index is 909. The van der Waals surface area contributed by atoms with Gasteiger partial charge in [-0.3, -0.25) is 10.00 Å². The molecule has 0 fully saturated rings. The van der Waals surface area contributed by atoms with E-state index in [2.05, 4.69) is 22.6 Å². The summed E-state index contributed by atoms with van der Waals surface area (Å²) in [5.74, 6) is 0.871. The highest BCUT2D eigenvalue weighted by Gasteiger charge is 2.27. The average Bonchev–Trinajstić information content (AvgIpc) is 3.24. The average molecular weight is 380 g/mol. The van der Waals surface area contributed by atoms with Gasteiger partial charge in [-0.05, 0) is 50.6 Å². The number of aryl methyl sites for hydroxylation is 2. The molecular formula is C21H24N4O3. The summed E-state index contributed by atoms with van der Waals surface area (Å²) in [5, 5.41) is 16.1. The fourth-order valence-electron chi connectivity index (χ4n) is 3.55. The molecule has 3 rings (SSSR count). The Morgan fingerprint density at radius 2 is 2.07 bits per heavy atom. The van der Waals surface area contributed by atoms with Crippen molar-refractivity contribution in [2.45, 2.75) is 45.3 Å². The first-order valence-corrected chi connectivity index (χ1v) is 9.22. The number of hydrogen-bond donors (Lipinski definition) is 1. The molecule has 1 aliphatic rings. The van der Waals surface area contributed by atoms with E-state index in [9.17, 15) is 4.79 Å². The second-order valence-electron chi connectivity index (χ2n) is 6.74. The number of nitrogens with one attached hydrogen (secondary N) is 1. The Balaban J connectivity index is 1.58. The zero-order chi connectivity index (χ0) is 20.1. The van der Waals surface area contributed by atoms with Crippen LogP contribution in [0.25, 0.3) is 0 Å². The van der Waals surface area contributed by atoms with Crippen molar-refractivity contribution in [3.63, 3.8) is 0 Å². The van der Waals surface area contributed by atoms with E-state index in [4.69, 9.17) is 14.7 Å². The summed E-state index contributed by atoms with van der Waals surface area (Å²) in [4.78, 5) is 12.2. The van der Waals surface area contributed by atoms with E-state index >= 15 is 0 Å². The van der Waals surface area contributed by atoms with Gasteiger partial charge in [0, 0.05) is 22.9 Å². The summed E-state index contributed by atoms with van der Waals surface area (Å²) >= 11 is 0. The second-order valence-corrected chi connectivity index (χ2v) is 6.74. The lowest BCUT2D eigenvalue weighted by molar-refractivity contribution is 0.132. The molecule has 1 aromatic heterocycles. The Hall–Kier alpha value is -3.27. The van der Waals surface area contributed by atoms with Crippen molar-refractivity contribution in [1.29, 1.82) is 5.26 Å². The number of carbonyl (C=O) groups excluding carboxylic acids is 1. The molecule has 0 radical (unpaired) electrons. The molecule has 1 amide bonds. The van der Waals surface area contributed by atoms with Gasteiger partial charge >= 0.3 is 6.09 Å². The third-order valence-electron chi connectivity index (χ3n) is 4.88. The summed E-state index contributed by atoms with van der Waals surface area (Å²) in [6.45, 7) is 4.58. The minimum Gasteiger partial charge on any atom is -0.497 e. The first-order chi connectivity index (χ1) is 13.5. The van der Waals surface area contributed by atoms with Crippen molar-refractivity contribution in [3.05, 3.63) is 53.4 Å². The number of aromatic nitrogens is 2. The van der Waals surface area contributed by atoms with Crippen molar-refractivity contribution >= 4 is 11.8 Å². The molecule has 2 atom stereocenters. The number of rotatable bonds is 6. The molecule has 28 heavy (non-hydrogen) atoms. The van der Waals surface area contributed by atoms with E-state index in [0.717, 1.165) is 22.7 Å². The molecule has 0 saturated carbocycles. The number of ether oxygens (including phenoxy) is 2. The van der Waals surface area contributed by atoms with Crippen LogP contribution in [0.5, 0.6) is 5.75 Å². The zero-order valence-electron chi connectivity index (χ0n) is 16.3. The van der Waals surface area contributed by atoms with Gasteiger partial charge in [0.25, 0.3) is 0 Å². The third kappa shape index (κ3) is 4.34. The predicted octanol–water partition coefficient (Wildman–Crippen LogP) is 4.08. The van der Waals surface area contributed by atoms with Gasteiger partial charge in [-0.25, -0.2) is 4.79 Å². The number of benzene rings is 1. The highest BCUT2D eigenvalue weighted by atomic mass is 16.6. The summed E-state index contributed by atoms with van der Waals surface area (Å²) in [6, 6.07) is 9.22. The molecule has 2 aromatic rings. The Morgan fingerprint density at radius 3 is 2.75 bits per heavy atom. The van der Waals surface area contributed by atoms with Crippen LogP contribution >= 0.6 is 0 Å². The van der Waals surface area contributed by atoms with Crippen LogP contribution in [-0.2, 0) is 11.3 Å². The third-order valence-corrected chi connectivity index (χ3v) is 4.88. The van der Waals surface area contributed by atoms with Crippen LogP contribution in [0.3, 0.4) is 0 Å². The maximum Gasteiger partial charge on any atom is 0.412 e. The van der Waals surface area contributed by atoms with Gasteiger partial charge in [0.2, 0.25) is 0 Å². The van der Waals surface area contributed by atoms with Crippen LogP contribution in [0.2, 0.25) is 0 Å². The summed E-state index contributed by atoms with van der Waals surface area (Å²) in [6.07, 6.45) is 4.32. The standard InChI is InChI=1S/C21H24N4O3/c1-14-20(15(2)25(24-14)12-4-11-22)16-5-8-19(13-16)28-21(26)23-17-6-9-18(27-3)10-7-17/h5-10,16,19H,4,12-13H2,1-3H3,(H,23,26)/t16-,19-/m1/s1. The van der Waals surface area contributed by atoms with Gasteiger partial charge in [0.1, 0.15) is 11.9 Å². The smallest absolute Gasteiger partial charge is 0.412 e. The van der Waals surface area contributed by atoms with Crippen molar-refractivity contribution in [2.24, 2.45) is 0 Å². The molecule has 1 N–H and O–H groups in total. The largest absolute Gasteiger partial charge is 0.497 e. The number of anilines is 1. The van der Waals surface area contributed by atoms with Crippen molar-refractivity contribution in [3.8, 4) is 11.8 Å². The second kappa shape index (κ2) is 8.61. The van der Waals surface area contributed by atoms with E-state index in [-0.39, 0.29) is 12.0 Å². The van der Waals surface area contributed by atoms with Gasteiger partial charge in [0.15, 0.2) is 0 Å². The SMILES string of the molecule is COc1ccc(NC(=O)O[C@@H]2C=C[C@@H](c3c(C)nn(CCC#N)c3C)C2)cc1. The molecule has 1 heterocycles. The molecule has 7 heteroatoms. The Labute approximate surface area is 164 Å². The maximum atomic E-state index is 12.2. The molecule has 7 nitrogen and oxygen atoms in total. The molecule has 0 spiro atoms. The predicted molar refractivity (Wildman–Crippen MR) is 105 cm³/mol. The van der Waals surface area contributed by atoms with Crippen LogP contribution in [0.4, 0.5) is 10.5 Å². The van der Waals surface area contributed by atoms with Crippen LogP contribution in [0, 0.1) is 25.2 Å². The first kappa shape index (κ1) is 19.5.